The van der Waals surface area contributed by atoms with Gasteiger partial charge in [0.25, 0.3) is 10.0 Å². The largest absolute Gasteiger partial charge is 0.495 e. The molecule has 28 heavy (non-hydrogen) atoms. The van der Waals surface area contributed by atoms with Crippen LogP contribution < -0.4 is 19.7 Å². The van der Waals surface area contributed by atoms with Crippen LogP contribution in [-0.4, -0.2) is 47.7 Å². The highest BCUT2D eigenvalue weighted by molar-refractivity contribution is 7.92. The summed E-state index contributed by atoms with van der Waals surface area (Å²) in [5, 5.41) is 2.61. The lowest BCUT2D eigenvalue weighted by molar-refractivity contribution is -0.114. The van der Waals surface area contributed by atoms with Crippen LogP contribution in [0.4, 0.5) is 17.1 Å². The molecule has 8 nitrogen and oxygen atoms in total. The maximum atomic E-state index is 12.9. The number of sulfonamides is 1. The van der Waals surface area contributed by atoms with E-state index < -0.39 is 10.0 Å². The molecule has 2 aromatic carbocycles. The van der Waals surface area contributed by atoms with E-state index in [4.69, 9.17) is 9.47 Å². The first kappa shape index (κ1) is 20.0. The minimum atomic E-state index is -3.85. The van der Waals surface area contributed by atoms with E-state index in [-0.39, 0.29) is 16.6 Å². The van der Waals surface area contributed by atoms with E-state index in [1.165, 1.54) is 32.2 Å². The Morgan fingerprint density at radius 3 is 2.50 bits per heavy atom. The number of nitrogens with one attached hydrogen (secondary N) is 2. The highest BCUT2D eigenvalue weighted by Gasteiger charge is 2.21. The van der Waals surface area contributed by atoms with Crippen molar-refractivity contribution >= 4 is 33.0 Å². The molecule has 1 fully saturated rings. The van der Waals surface area contributed by atoms with Crippen molar-refractivity contribution in [2.45, 2.75) is 11.8 Å². The third kappa shape index (κ3) is 4.55. The summed E-state index contributed by atoms with van der Waals surface area (Å²) in [6, 6.07) is 11.6. The summed E-state index contributed by atoms with van der Waals surface area (Å²) >= 11 is 0. The molecule has 2 N–H and O–H groups in total. The quantitative estimate of drug-likeness (QED) is 0.765. The number of hydrogen-bond acceptors (Lipinski definition) is 6. The molecule has 0 unspecified atom stereocenters. The van der Waals surface area contributed by atoms with Crippen molar-refractivity contribution in [2.75, 3.05) is 48.4 Å². The second kappa shape index (κ2) is 8.49. The van der Waals surface area contributed by atoms with Crippen LogP contribution in [0.15, 0.2) is 47.4 Å². The fourth-order valence-corrected chi connectivity index (χ4v) is 4.06. The SMILES string of the molecule is COc1cc(S(=O)(=O)Nc2ccccc2N2CCOCC2)ccc1NC(C)=O. The van der Waals surface area contributed by atoms with Gasteiger partial charge in [-0.25, -0.2) is 8.42 Å². The van der Waals surface area contributed by atoms with E-state index in [2.05, 4.69) is 14.9 Å². The van der Waals surface area contributed by atoms with Crippen molar-refractivity contribution in [1.82, 2.24) is 0 Å². The van der Waals surface area contributed by atoms with Crippen LogP contribution in [0.25, 0.3) is 0 Å². The summed E-state index contributed by atoms with van der Waals surface area (Å²) in [5.41, 5.74) is 1.70. The van der Waals surface area contributed by atoms with Gasteiger partial charge in [-0.05, 0) is 24.3 Å². The number of anilines is 3. The van der Waals surface area contributed by atoms with Gasteiger partial charge in [0, 0.05) is 26.1 Å². The van der Waals surface area contributed by atoms with Gasteiger partial charge in [-0.3, -0.25) is 9.52 Å². The normalized spacial score (nSPS) is 14.4. The van der Waals surface area contributed by atoms with Gasteiger partial charge in [-0.1, -0.05) is 12.1 Å². The zero-order valence-corrected chi connectivity index (χ0v) is 16.6. The van der Waals surface area contributed by atoms with Gasteiger partial charge in [-0.2, -0.15) is 0 Å². The van der Waals surface area contributed by atoms with Crippen LogP contribution in [0.5, 0.6) is 5.75 Å². The van der Waals surface area contributed by atoms with E-state index in [9.17, 15) is 13.2 Å². The van der Waals surface area contributed by atoms with Crippen LogP contribution in [0.3, 0.4) is 0 Å². The maximum Gasteiger partial charge on any atom is 0.262 e. The lowest BCUT2D eigenvalue weighted by Gasteiger charge is -2.30. The van der Waals surface area contributed by atoms with Crippen LogP contribution in [0.2, 0.25) is 0 Å². The van der Waals surface area contributed by atoms with Gasteiger partial charge in [0.1, 0.15) is 5.75 Å². The monoisotopic (exact) mass is 405 g/mol. The van der Waals surface area contributed by atoms with Crippen molar-refractivity contribution in [1.29, 1.82) is 0 Å². The molecule has 0 aromatic heterocycles. The van der Waals surface area contributed by atoms with Crippen LogP contribution >= 0.6 is 0 Å². The number of benzene rings is 2. The third-order valence-corrected chi connectivity index (χ3v) is 5.66. The average molecular weight is 405 g/mol. The van der Waals surface area contributed by atoms with Crippen LogP contribution in [0.1, 0.15) is 6.92 Å². The molecule has 0 atom stereocenters. The molecule has 1 heterocycles. The zero-order chi connectivity index (χ0) is 20.1. The molecule has 9 heteroatoms. The highest BCUT2D eigenvalue weighted by atomic mass is 32.2. The molecule has 1 amide bonds. The van der Waals surface area contributed by atoms with Crippen LogP contribution in [0, 0.1) is 0 Å². The molecule has 0 spiro atoms. The van der Waals surface area contributed by atoms with E-state index in [1.807, 2.05) is 12.1 Å². The minimum absolute atomic E-state index is 0.0373. The van der Waals surface area contributed by atoms with E-state index in [0.717, 1.165) is 5.69 Å². The average Bonchev–Trinajstić information content (AvgIpc) is 2.68. The molecule has 0 radical (unpaired) electrons. The Morgan fingerprint density at radius 2 is 1.82 bits per heavy atom. The smallest absolute Gasteiger partial charge is 0.262 e. The number of amides is 1. The molecule has 0 aliphatic carbocycles. The number of carbonyl (C=O) groups is 1. The molecule has 3 rings (SSSR count). The summed E-state index contributed by atoms with van der Waals surface area (Å²) in [6.45, 7) is 3.95. The molecular weight excluding hydrogens is 382 g/mol. The Labute approximate surface area is 164 Å². The molecule has 1 saturated heterocycles. The highest BCUT2D eigenvalue weighted by Crippen LogP contribution is 2.31. The Balaban J connectivity index is 1.89. The first-order valence-electron chi connectivity index (χ1n) is 8.81. The molecule has 2 aromatic rings. The van der Waals surface area contributed by atoms with E-state index in [1.54, 1.807) is 12.1 Å². The number of hydrogen-bond donors (Lipinski definition) is 2. The van der Waals surface area contributed by atoms with E-state index >= 15 is 0 Å². The van der Waals surface area contributed by atoms with Gasteiger partial charge < -0.3 is 19.7 Å². The first-order chi connectivity index (χ1) is 13.4. The Kier molecular flexibility index (Phi) is 6.05. The third-order valence-electron chi connectivity index (χ3n) is 4.29. The number of morpholine rings is 1. The predicted molar refractivity (Wildman–Crippen MR) is 108 cm³/mol. The van der Waals surface area contributed by atoms with Crippen molar-refractivity contribution in [3.8, 4) is 5.75 Å². The van der Waals surface area contributed by atoms with Gasteiger partial charge in [-0.15, -0.1) is 0 Å². The summed E-state index contributed by atoms with van der Waals surface area (Å²) in [5.74, 6) is -0.00832. The molecular formula is C19H23N3O5S. The number of rotatable bonds is 6. The number of methoxy groups -OCH3 is 1. The minimum Gasteiger partial charge on any atom is -0.495 e. The topological polar surface area (TPSA) is 97.0 Å². The second-order valence-electron chi connectivity index (χ2n) is 6.27. The lowest BCUT2D eigenvalue weighted by Crippen LogP contribution is -2.36. The molecule has 150 valence electrons. The standard InChI is InChI=1S/C19H23N3O5S/c1-14(23)20-17-8-7-15(13-19(17)26-2)28(24,25)21-16-5-3-4-6-18(16)22-9-11-27-12-10-22/h3-8,13,21H,9-12H2,1-2H3,(H,20,23). The lowest BCUT2D eigenvalue weighted by atomic mass is 10.2. The number of para-hydroxylation sites is 2. The summed E-state index contributed by atoms with van der Waals surface area (Å²) in [7, 11) is -2.44. The van der Waals surface area contributed by atoms with E-state index in [0.29, 0.717) is 37.7 Å². The number of nitrogens with zero attached hydrogens (tertiary/aromatic N) is 1. The Hall–Kier alpha value is -2.78. The van der Waals surface area contributed by atoms with Crippen LogP contribution in [-0.2, 0) is 19.6 Å². The van der Waals surface area contributed by atoms with Gasteiger partial charge in [0.2, 0.25) is 5.91 Å². The Bertz CT molecular complexity index is 956. The van der Waals surface area contributed by atoms with Crippen molar-refractivity contribution in [3.05, 3.63) is 42.5 Å². The maximum absolute atomic E-state index is 12.9. The second-order valence-corrected chi connectivity index (χ2v) is 7.95. The van der Waals surface area contributed by atoms with Crippen molar-refractivity contribution in [2.24, 2.45) is 0 Å². The van der Waals surface area contributed by atoms with Crippen molar-refractivity contribution in [3.63, 3.8) is 0 Å². The first-order valence-corrected chi connectivity index (χ1v) is 10.3. The fourth-order valence-electron chi connectivity index (χ4n) is 2.98. The van der Waals surface area contributed by atoms with Gasteiger partial charge in [0.15, 0.2) is 0 Å². The predicted octanol–water partition coefficient (Wildman–Crippen LogP) is 2.29. The number of carbonyl (C=O) groups excluding carboxylic acids is 1. The molecule has 1 aliphatic rings. The summed E-state index contributed by atoms with van der Waals surface area (Å²) < 4.78 is 39.1. The fraction of sp³-hybridized carbons (Fsp3) is 0.316. The Morgan fingerprint density at radius 1 is 1.11 bits per heavy atom. The zero-order valence-electron chi connectivity index (χ0n) is 15.8. The molecule has 1 aliphatic heterocycles. The molecule has 0 bridgehead atoms. The molecule has 0 saturated carbocycles. The van der Waals surface area contributed by atoms with Crippen molar-refractivity contribution < 1.29 is 22.7 Å². The van der Waals surface area contributed by atoms with Gasteiger partial charge >= 0.3 is 0 Å². The van der Waals surface area contributed by atoms with Gasteiger partial charge in [0.05, 0.1) is 42.3 Å². The summed E-state index contributed by atoms with van der Waals surface area (Å²) in [6.07, 6.45) is 0. The summed E-state index contributed by atoms with van der Waals surface area (Å²) in [4.78, 5) is 13.4. The number of ether oxygens (including phenoxy) is 2.